The fraction of sp³-hybridized carbons (Fsp3) is 0.733. The van der Waals surface area contributed by atoms with Crippen LogP contribution >= 0.6 is 24.8 Å². The zero-order chi connectivity index (χ0) is 13.0. The number of unbranched alkanes of at least 4 members (excludes halogenated alkanes) is 1. The fourth-order valence-electron chi connectivity index (χ4n) is 2.66. The first-order valence-corrected chi connectivity index (χ1v) is 7.24. The molecule has 0 aromatic carbocycles. The van der Waals surface area contributed by atoms with Gasteiger partial charge in [-0.05, 0) is 31.9 Å². The molecule has 1 aromatic heterocycles. The molecule has 1 aromatic rings. The van der Waals surface area contributed by atoms with Crippen LogP contribution < -0.4 is 5.32 Å². The second-order valence-corrected chi connectivity index (χ2v) is 5.33. The highest BCUT2D eigenvalue weighted by atomic mass is 35.5. The standard InChI is InChI=1S/C15H26N2O.2ClH/c1-4-5-6-14(17-9-7-16-8-10-17)15-11-12(2)13(3)18-15;;/h11,14,16H,4-10H2,1-3H3;2*1H/t14-;;/m1../s1. The Morgan fingerprint density at radius 1 is 1.25 bits per heavy atom. The van der Waals surface area contributed by atoms with Crippen molar-refractivity contribution >= 4 is 24.8 Å². The van der Waals surface area contributed by atoms with E-state index in [1.54, 1.807) is 0 Å². The lowest BCUT2D eigenvalue weighted by atomic mass is 10.0. The van der Waals surface area contributed by atoms with Crippen LogP contribution in [0.1, 0.15) is 49.3 Å². The van der Waals surface area contributed by atoms with Gasteiger partial charge in [-0.3, -0.25) is 4.90 Å². The van der Waals surface area contributed by atoms with Crippen molar-refractivity contribution in [3.63, 3.8) is 0 Å². The number of nitrogens with one attached hydrogen (secondary N) is 1. The summed E-state index contributed by atoms with van der Waals surface area (Å²) in [6.45, 7) is 10.9. The van der Waals surface area contributed by atoms with Gasteiger partial charge in [-0.2, -0.15) is 0 Å². The minimum Gasteiger partial charge on any atom is -0.464 e. The molecule has 2 heterocycles. The van der Waals surface area contributed by atoms with Gasteiger partial charge in [0.2, 0.25) is 0 Å². The van der Waals surface area contributed by atoms with Crippen LogP contribution in [0, 0.1) is 13.8 Å². The van der Waals surface area contributed by atoms with Crippen LogP contribution in [-0.4, -0.2) is 31.1 Å². The van der Waals surface area contributed by atoms with Crippen molar-refractivity contribution in [1.29, 1.82) is 0 Å². The molecule has 5 heteroatoms. The summed E-state index contributed by atoms with van der Waals surface area (Å²) in [4.78, 5) is 2.57. The van der Waals surface area contributed by atoms with Crippen molar-refractivity contribution in [2.45, 2.75) is 46.1 Å². The van der Waals surface area contributed by atoms with E-state index >= 15 is 0 Å². The molecule has 1 fully saturated rings. The zero-order valence-corrected chi connectivity index (χ0v) is 14.4. The summed E-state index contributed by atoms with van der Waals surface area (Å²) < 4.78 is 5.96. The molecule has 0 aliphatic carbocycles. The first kappa shape index (κ1) is 19.8. The van der Waals surface area contributed by atoms with E-state index in [9.17, 15) is 0 Å². The highest BCUT2D eigenvalue weighted by molar-refractivity contribution is 5.85. The normalized spacial score (nSPS) is 17.1. The Morgan fingerprint density at radius 3 is 2.40 bits per heavy atom. The number of hydrogen-bond donors (Lipinski definition) is 1. The SMILES string of the molecule is CCCC[C@H](c1cc(C)c(C)o1)N1CCNCC1.Cl.Cl. The molecule has 3 nitrogen and oxygen atoms in total. The van der Waals surface area contributed by atoms with Crippen LogP contribution in [0.15, 0.2) is 10.5 Å². The molecule has 20 heavy (non-hydrogen) atoms. The summed E-state index contributed by atoms with van der Waals surface area (Å²) in [7, 11) is 0. The molecule has 0 radical (unpaired) electrons. The van der Waals surface area contributed by atoms with Crippen molar-refractivity contribution in [3.8, 4) is 0 Å². The van der Waals surface area contributed by atoms with Gasteiger partial charge >= 0.3 is 0 Å². The van der Waals surface area contributed by atoms with Crippen LogP contribution in [0.3, 0.4) is 0 Å². The highest BCUT2D eigenvalue weighted by Crippen LogP contribution is 2.29. The van der Waals surface area contributed by atoms with E-state index in [-0.39, 0.29) is 24.8 Å². The van der Waals surface area contributed by atoms with Crippen LogP contribution in [0.25, 0.3) is 0 Å². The number of rotatable bonds is 5. The molecular weight excluding hydrogens is 295 g/mol. The quantitative estimate of drug-likeness (QED) is 0.891. The molecule has 1 N–H and O–H groups in total. The van der Waals surface area contributed by atoms with Gasteiger partial charge in [-0.15, -0.1) is 24.8 Å². The number of furan rings is 1. The van der Waals surface area contributed by atoms with E-state index in [1.807, 2.05) is 0 Å². The number of aryl methyl sites for hydroxylation is 2. The summed E-state index contributed by atoms with van der Waals surface area (Å²) >= 11 is 0. The number of nitrogens with zero attached hydrogens (tertiary/aromatic N) is 1. The topological polar surface area (TPSA) is 28.4 Å². The van der Waals surface area contributed by atoms with Crippen LogP contribution in [0.5, 0.6) is 0 Å². The smallest absolute Gasteiger partial charge is 0.121 e. The summed E-state index contributed by atoms with van der Waals surface area (Å²) in [6, 6.07) is 2.71. The van der Waals surface area contributed by atoms with Gasteiger partial charge in [-0.1, -0.05) is 19.8 Å². The van der Waals surface area contributed by atoms with Crippen molar-refractivity contribution in [1.82, 2.24) is 10.2 Å². The average molecular weight is 323 g/mol. The Hall–Kier alpha value is -0.220. The number of halogens is 2. The highest BCUT2D eigenvalue weighted by Gasteiger charge is 2.24. The van der Waals surface area contributed by atoms with Crippen LogP contribution in [-0.2, 0) is 0 Å². The molecule has 0 spiro atoms. The van der Waals surface area contributed by atoms with Gasteiger partial charge in [-0.25, -0.2) is 0 Å². The first-order valence-electron chi connectivity index (χ1n) is 7.24. The maximum Gasteiger partial charge on any atom is 0.121 e. The fourth-order valence-corrected chi connectivity index (χ4v) is 2.66. The minimum atomic E-state index is 0. The Balaban J connectivity index is 0.00000180. The summed E-state index contributed by atoms with van der Waals surface area (Å²) in [5.41, 5.74) is 1.28. The van der Waals surface area contributed by atoms with Gasteiger partial charge in [0.25, 0.3) is 0 Å². The van der Waals surface area contributed by atoms with Crippen molar-refractivity contribution in [2.24, 2.45) is 0 Å². The lowest BCUT2D eigenvalue weighted by molar-refractivity contribution is 0.143. The van der Waals surface area contributed by atoms with Gasteiger partial charge < -0.3 is 9.73 Å². The first-order chi connectivity index (χ1) is 8.72. The number of hydrogen-bond acceptors (Lipinski definition) is 3. The Kier molecular flexibility index (Phi) is 9.56. The zero-order valence-electron chi connectivity index (χ0n) is 12.8. The van der Waals surface area contributed by atoms with E-state index in [0.717, 1.165) is 31.9 Å². The molecule has 1 saturated heterocycles. The largest absolute Gasteiger partial charge is 0.464 e. The van der Waals surface area contributed by atoms with Crippen molar-refractivity contribution in [2.75, 3.05) is 26.2 Å². The molecule has 0 unspecified atom stereocenters. The van der Waals surface area contributed by atoms with E-state index in [2.05, 4.69) is 37.1 Å². The third-order valence-corrected chi connectivity index (χ3v) is 3.94. The molecule has 0 amide bonds. The van der Waals surface area contributed by atoms with E-state index in [4.69, 9.17) is 4.42 Å². The van der Waals surface area contributed by atoms with Gasteiger partial charge in [0, 0.05) is 26.2 Å². The Morgan fingerprint density at radius 2 is 1.90 bits per heavy atom. The van der Waals surface area contributed by atoms with Crippen LogP contribution in [0.4, 0.5) is 0 Å². The van der Waals surface area contributed by atoms with E-state index < -0.39 is 0 Å². The summed E-state index contributed by atoms with van der Waals surface area (Å²) in [5, 5.41) is 3.42. The lowest BCUT2D eigenvalue weighted by Crippen LogP contribution is -2.45. The van der Waals surface area contributed by atoms with Crippen molar-refractivity contribution in [3.05, 3.63) is 23.2 Å². The number of piperazine rings is 1. The Labute approximate surface area is 135 Å². The minimum absolute atomic E-state index is 0. The van der Waals surface area contributed by atoms with Gasteiger partial charge in [0.1, 0.15) is 11.5 Å². The molecule has 0 saturated carbocycles. The molecule has 2 rings (SSSR count). The molecule has 1 atom stereocenters. The van der Waals surface area contributed by atoms with Crippen molar-refractivity contribution < 1.29 is 4.42 Å². The van der Waals surface area contributed by atoms with E-state index in [0.29, 0.717) is 6.04 Å². The third kappa shape index (κ3) is 4.96. The average Bonchev–Trinajstić information content (AvgIpc) is 2.71. The summed E-state index contributed by atoms with van der Waals surface area (Å²) in [6.07, 6.45) is 3.73. The molecule has 0 bridgehead atoms. The molecular formula is C15H28Cl2N2O. The maximum absolute atomic E-state index is 5.96. The van der Waals surface area contributed by atoms with Gasteiger partial charge in [0.15, 0.2) is 0 Å². The second kappa shape index (κ2) is 9.67. The summed E-state index contributed by atoms with van der Waals surface area (Å²) in [5.74, 6) is 2.24. The molecule has 1 aliphatic rings. The molecule has 1 aliphatic heterocycles. The monoisotopic (exact) mass is 322 g/mol. The van der Waals surface area contributed by atoms with E-state index in [1.165, 1.54) is 30.6 Å². The predicted octanol–water partition coefficient (Wildman–Crippen LogP) is 3.88. The second-order valence-electron chi connectivity index (χ2n) is 5.33. The third-order valence-electron chi connectivity index (χ3n) is 3.94. The lowest BCUT2D eigenvalue weighted by Gasteiger charge is -2.33. The Bertz CT molecular complexity index is 356. The predicted molar refractivity (Wildman–Crippen MR) is 89.4 cm³/mol. The maximum atomic E-state index is 5.96. The van der Waals surface area contributed by atoms with Crippen LogP contribution in [0.2, 0.25) is 0 Å². The van der Waals surface area contributed by atoms with Gasteiger partial charge in [0.05, 0.1) is 6.04 Å². The molecule has 118 valence electrons.